The Balaban J connectivity index is 1.60. The molecule has 0 fully saturated rings. The average molecular weight is 342 g/mol. The van der Waals surface area contributed by atoms with Gasteiger partial charge in [-0.25, -0.2) is 0 Å². The first-order valence-corrected chi connectivity index (χ1v) is 8.45. The third kappa shape index (κ3) is 6.47. The number of para-hydroxylation sites is 1. The van der Waals surface area contributed by atoms with Crippen LogP contribution < -0.4 is 20.1 Å². The van der Waals surface area contributed by atoms with Gasteiger partial charge in [-0.15, -0.1) is 0 Å². The summed E-state index contributed by atoms with van der Waals surface area (Å²) in [6.45, 7) is 2.00. The van der Waals surface area contributed by atoms with E-state index in [1.165, 1.54) is 5.56 Å². The van der Waals surface area contributed by atoms with Gasteiger partial charge in [0.15, 0.2) is 0 Å². The third-order valence-electron chi connectivity index (χ3n) is 3.94. The summed E-state index contributed by atoms with van der Waals surface area (Å²) in [5.74, 6) is 1.76. The van der Waals surface area contributed by atoms with E-state index in [4.69, 9.17) is 9.47 Å². The molecule has 134 valence electrons. The van der Waals surface area contributed by atoms with E-state index in [0.717, 1.165) is 30.0 Å². The van der Waals surface area contributed by atoms with Crippen LogP contribution in [0.1, 0.15) is 17.5 Å². The monoisotopic (exact) mass is 342 g/mol. The van der Waals surface area contributed by atoms with Crippen molar-refractivity contribution in [2.45, 2.75) is 19.4 Å². The Hall–Kier alpha value is -2.53. The molecule has 0 aliphatic rings. The van der Waals surface area contributed by atoms with Crippen LogP contribution in [0.4, 0.5) is 0 Å². The maximum absolute atomic E-state index is 11.9. The van der Waals surface area contributed by atoms with Crippen LogP contribution in [0.5, 0.6) is 11.5 Å². The van der Waals surface area contributed by atoms with Crippen molar-refractivity contribution in [2.75, 3.05) is 27.3 Å². The highest BCUT2D eigenvalue weighted by molar-refractivity contribution is 5.76. The number of ether oxygens (including phenoxy) is 2. The van der Waals surface area contributed by atoms with Crippen LogP contribution in [-0.4, -0.2) is 33.2 Å². The van der Waals surface area contributed by atoms with Gasteiger partial charge in [-0.2, -0.15) is 0 Å². The molecule has 2 aromatic carbocycles. The van der Waals surface area contributed by atoms with Crippen LogP contribution in [0.2, 0.25) is 0 Å². The average Bonchev–Trinajstić information content (AvgIpc) is 2.66. The molecule has 1 amide bonds. The number of benzene rings is 2. The number of carbonyl (C=O) groups is 1. The minimum atomic E-state index is 0.0422. The van der Waals surface area contributed by atoms with E-state index in [2.05, 4.69) is 16.7 Å². The van der Waals surface area contributed by atoms with Gasteiger partial charge in [0, 0.05) is 19.5 Å². The molecule has 0 saturated heterocycles. The number of hydrogen-bond acceptors (Lipinski definition) is 4. The Labute approximate surface area is 149 Å². The van der Waals surface area contributed by atoms with E-state index in [1.54, 1.807) is 14.2 Å². The summed E-state index contributed by atoms with van der Waals surface area (Å²) in [6.07, 6.45) is 1.33. The first-order chi connectivity index (χ1) is 12.2. The molecule has 0 bridgehead atoms. The molecule has 0 aliphatic heterocycles. The van der Waals surface area contributed by atoms with Crippen molar-refractivity contribution in [1.82, 2.24) is 10.6 Å². The largest absolute Gasteiger partial charge is 0.497 e. The standard InChI is InChI=1S/C20H26N2O3/c1-24-18-9-7-16(8-10-18)15-22-20(23)12-14-21-13-11-17-5-3-4-6-19(17)25-2/h3-10,21H,11-15H2,1-2H3,(H,22,23). The lowest BCUT2D eigenvalue weighted by Crippen LogP contribution is -2.28. The lowest BCUT2D eigenvalue weighted by atomic mass is 10.1. The van der Waals surface area contributed by atoms with Gasteiger partial charge < -0.3 is 20.1 Å². The SMILES string of the molecule is COc1ccc(CNC(=O)CCNCCc2ccccc2OC)cc1. The predicted molar refractivity (Wildman–Crippen MR) is 99.0 cm³/mol. The zero-order valence-corrected chi connectivity index (χ0v) is 14.9. The minimum Gasteiger partial charge on any atom is -0.497 e. The number of carbonyl (C=O) groups excluding carboxylic acids is 1. The molecule has 5 heteroatoms. The Kier molecular flexibility index (Phi) is 7.79. The summed E-state index contributed by atoms with van der Waals surface area (Å²) < 4.78 is 10.4. The lowest BCUT2D eigenvalue weighted by Gasteiger charge is -2.09. The van der Waals surface area contributed by atoms with Crippen LogP contribution in [0.3, 0.4) is 0 Å². The minimum absolute atomic E-state index is 0.0422. The summed E-state index contributed by atoms with van der Waals surface area (Å²) >= 11 is 0. The summed E-state index contributed by atoms with van der Waals surface area (Å²) in [4.78, 5) is 11.9. The second kappa shape index (κ2) is 10.4. The molecule has 0 radical (unpaired) electrons. The number of hydrogen-bond donors (Lipinski definition) is 2. The maximum atomic E-state index is 11.9. The first-order valence-electron chi connectivity index (χ1n) is 8.45. The highest BCUT2D eigenvalue weighted by Gasteiger charge is 2.03. The predicted octanol–water partition coefficient (Wildman–Crippen LogP) is 2.54. The highest BCUT2D eigenvalue weighted by atomic mass is 16.5. The summed E-state index contributed by atoms with van der Waals surface area (Å²) in [5, 5.41) is 6.22. The molecule has 2 N–H and O–H groups in total. The zero-order chi connectivity index (χ0) is 17.9. The Morgan fingerprint density at radius 1 is 0.960 bits per heavy atom. The molecule has 2 rings (SSSR count). The second-order valence-corrected chi connectivity index (χ2v) is 5.69. The molecule has 5 nitrogen and oxygen atoms in total. The highest BCUT2D eigenvalue weighted by Crippen LogP contribution is 2.17. The summed E-state index contributed by atoms with van der Waals surface area (Å²) in [6, 6.07) is 15.7. The van der Waals surface area contributed by atoms with Gasteiger partial charge in [0.05, 0.1) is 14.2 Å². The van der Waals surface area contributed by atoms with Crippen LogP contribution in [0.25, 0.3) is 0 Å². The van der Waals surface area contributed by atoms with Gasteiger partial charge in [0.2, 0.25) is 5.91 Å². The van der Waals surface area contributed by atoms with E-state index in [1.807, 2.05) is 42.5 Å². The molecule has 0 heterocycles. The topological polar surface area (TPSA) is 59.6 Å². The molecule has 0 unspecified atom stereocenters. The molecule has 0 aliphatic carbocycles. The van der Waals surface area contributed by atoms with Crippen molar-refractivity contribution < 1.29 is 14.3 Å². The van der Waals surface area contributed by atoms with Crippen molar-refractivity contribution >= 4 is 5.91 Å². The molecule has 0 spiro atoms. The number of nitrogens with one attached hydrogen (secondary N) is 2. The number of amides is 1. The van der Waals surface area contributed by atoms with Gasteiger partial charge in [-0.1, -0.05) is 30.3 Å². The lowest BCUT2D eigenvalue weighted by molar-refractivity contribution is -0.121. The maximum Gasteiger partial charge on any atom is 0.221 e. The summed E-state index contributed by atoms with van der Waals surface area (Å²) in [5.41, 5.74) is 2.22. The smallest absolute Gasteiger partial charge is 0.221 e. The zero-order valence-electron chi connectivity index (χ0n) is 14.9. The van der Waals surface area contributed by atoms with Gasteiger partial charge in [0.25, 0.3) is 0 Å². The molecule has 0 saturated carbocycles. The van der Waals surface area contributed by atoms with Crippen LogP contribution in [-0.2, 0) is 17.8 Å². The first kappa shape index (κ1) is 18.8. The van der Waals surface area contributed by atoms with Crippen molar-refractivity contribution in [3.63, 3.8) is 0 Å². The fourth-order valence-electron chi connectivity index (χ4n) is 2.49. The molecule has 0 aromatic heterocycles. The third-order valence-corrected chi connectivity index (χ3v) is 3.94. The van der Waals surface area contributed by atoms with Crippen molar-refractivity contribution in [3.8, 4) is 11.5 Å². The molecule has 0 atom stereocenters. The van der Waals surface area contributed by atoms with Gasteiger partial charge in [-0.05, 0) is 42.3 Å². The van der Waals surface area contributed by atoms with Gasteiger partial charge >= 0.3 is 0 Å². The fraction of sp³-hybridized carbons (Fsp3) is 0.350. The Morgan fingerprint density at radius 3 is 2.44 bits per heavy atom. The van der Waals surface area contributed by atoms with E-state index < -0.39 is 0 Å². The fourth-order valence-corrected chi connectivity index (χ4v) is 2.49. The van der Waals surface area contributed by atoms with Crippen LogP contribution in [0, 0.1) is 0 Å². The molecule has 25 heavy (non-hydrogen) atoms. The Bertz CT molecular complexity index is 656. The van der Waals surface area contributed by atoms with E-state index in [0.29, 0.717) is 19.5 Å². The van der Waals surface area contributed by atoms with Crippen molar-refractivity contribution in [3.05, 3.63) is 59.7 Å². The number of rotatable bonds is 10. The molecule has 2 aromatic rings. The van der Waals surface area contributed by atoms with E-state index >= 15 is 0 Å². The molecular formula is C20H26N2O3. The van der Waals surface area contributed by atoms with E-state index in [-0.39, 0.29) is 5.91 Å². The van der Waals surface area contributed by atoms with E-state index in [9.17, 15) is 4.79 Å². The summed E-state index contributed by atoms with van der Waals surface area (Å²) in [7, 11) is 3.32. The quantitative estimate of drug-likeness (QED) is 0.652. The van der Waals surface area contributed by atoms with Gasteiger partial charge in [-0.3, -0.25) is 4.79 Å². The normalized spacial score (nSPS) is 10.3. The molecular weight excluding hydrogens is 316 g/mol. The van der Waals surface area contributed by atoms with Crippen molar-refractivity contribution in [2.24, 2.45) is 0 Å². The number of methoxy groups -OCH3 is 2. The van der Waals surface area contributed by atoms with Crippen molar-refractivity contribution in [1.29, 1.82) is 0 Å². The van der Waals surface area contributed by atoms with Gasteiger partial charge in [0.1, 0.15) is 11.5 Å². The Morgan fingerprint density at radius 2 is 1.72 bits per heavy atom. The van der Waals surface area contributed by atoms with Crippen LogP contribution in [0.15, 0.2) is 48.5 Å². The van der Waals surface area contributed by atoms with Crippen LogP contribution >= 0.6 is 0 Å². The second-order valence-electron chi connectivity index (χ2n) is 5.69.